The van der Waals surface area contributed by atoms with E-state index in [1.54, 1.807) is 14.2 Å². The van der Waals surface area contributed by atoms with Crippen molar-refractivity contribution in [2.75, 3.05) is 37.7 Å². The first-order chi connectivity index (χ1) is 10.3. The van der Waals surface area contributed by atoms with E-state index in [0.29, 0.717) is 13.5 Å². The number of nitrogens with zero attached hydrogens (tertiary/aromatic N) is 2. The maximum absolute atomic E-state index is 5.58. The van der Waals surface area contributed by atoms with Crippen molar-refractivity contribution in [3.05, 3.63) is 48.5 Å². The Morgan fingerprint density at radius 2 is 1.10 bits per heavy atom. The number of anilines is 2. The summed E-state index contributed by atoms with van der Waals surface area (Å²) in [5.41, 5.74) is 2.12. The van der Waals surface area contributed by atoms with Crippen LogP contribution in [-0.2, 0) is 4.74 Å². The van der Waals surface area contributed by atoms with E-state index in [0.717, 1.165) is 22.9 Å². The molecule has 5 heteroatoms. The molecule has 0 atom stereocenters. The van der Waals surface area contributed by atoms with Crippen LogP contribution in [0.15, 0.2) is 48.5 Å². The molecule has 0 spiro atoms. The summed E-state index contributed by atoms with van der Waals surface area (Å²) < 4.78 is 16.0. The Balaban J connectivity index is 1.83. The zero-order valence-electron chi connectivity index (χ0n) is 12.2. The molecular weight excluding hydrogens is 268 g/mol. The first-order valence-corrected chi connectivity index (χ1v) is 6.72. The normalized spacial score (nSPS) is 14.4. The number of rotatable bonds is 4. The molecular formula is C16H18N2O3. The number of ether oxygens (including phenoxy) is 3. The van der Waals surface area contributed by atoms with Gasteiger partial charge < -0.3 is 14.2 Å². The average Bonchev–Trinajstić information content (AvgIpc) is 3.04. The van der Waals surface area contributed by atoms with Gasteiger partial charge >= 0.3 is 0 Å². The molecule has 2 aromatic carbocycles. The van der Waals surface area contributed by atoms with Crippen molar-refractivity contribution in [1.29, 1.82) is 0 Å². The summed E-state index contributed by atoms with van der Waals surface area (Å²) in [5, 5.41) is 4.17. The predicted octanol–water partition coefficient (Wildman–Crippen LogP) is 2.88. The van der Waals surface area contributed by atoms with Crippen molar-refractivity contribution in [2.24, 2.45) is 0 Å². The van der Waals surface area contributed by atoms with Crippen LogP contribution in [0.25, 0.3) is 0 Å². The number of hydrazine groups is 1. The zero-order valence-corrected chi connectivity index (χ0v) is 12.2. The maximum atomic E-state index is 5.58. The van der Waals surface area contributed by atoms with Gasteiger partial charge in [0.25, 0.3) is 0 Å². The van der Waals surface area contributed by atoms with E-state index >= 15 is 0 Å². The fourth-order valence-electron chi connectivity index (χ4n) is 2.29. The van der Waals surface area contributed by atoms with E-state index in [1.165, 1.54) is 0 Å². The maximum Gasteiger partial charge on any atom is 0.140 e. The van der Waals surface area contributed by atoms with Gasteiger partial charge in [0, 0.05) is 0 Å². The van der Waals surface area contributed by atoms with E-state index < -0.39 is 0 Å². The minimum absolute atomic E-state index is 0.526. The summed E-state index contributed by atoms with van der Waals surface area (Å²) in [6.45, 7) is 1.05. The highest BCUT2D eigenvalue weighted by Crippen LogP contribution is 2.28. The van der Waals surface area contributed by atoms with E-state index in [2.05, 4.69) is 10.0 Å². The van der Waals surface area contributed by atoms with Gasteiger partial charge in [-0.1, -0.05) is 0 Å². The van der Waals surface area contributed by atoms with Crippen LogP contribution in [0.2, 0.25) is 0 Å². The van der Waals surface area contributed by atoms with Crippen LogP contribution in [0, 0.1) is 0 Å². The van der Waals surface area contributed by atoms with Gasteiger partial charge in [0.1, 0.15) is 25.0 Å². The second-order valence-electron chi connectivity index (χ2n) is 4.66. The molecule has 0 aliphatic carbocycles. The second kappa shape index (κ2) is 5.93. The van der Waals surface area contributed by atoms with E-state index in [4.69, 9.17) is 14.2 Å². The largest absolute Gasteiger partial charge is 0.497 e. The Bertz CT molecular complexity index is 530. The van der Waals surface area contributed by atoms with Crippen molar-refractivity contribution in [1.82, 2.24) is 0 Å². The predicted molar refractivity (Wildman–Crippen MR) is 81.8 cm³/mol. The Morgan fingerprint density at radius 3 is 1.43 bits per heavy atom. The highest BCUT2D eigenvalue weighted by molar-refractivity contribution is 5.59. The summed E-state index contributed by atoms with van der Waals surface area (Å²) >= 11 is 0. The van der Waals surface area contributed by atoms with Crippen molar-refractivity contribution >= 4 is 11.4 Å². The van der Waals surface area contributed by atoms with Crippen molar-refractivity contribution in [2.45, 2.75) is 0 Å². The molecule has 5 nitrogen and oxygen atoms in total. The standard InChI is InChI=1S/C16H18N2O3/c1-19-15-7-3-13(4-8-15)17-11-21-12-18(17)14-5-9-16(20-2)10-6-14/h3-10H,11-12H2,1-2H3. The summed E-state index contributed by atoms with van der Waals surface area (Å²) in [7, 11) is 3.33. The van der Waals surface area contributed by atoms with Gasteiger partial charge in [-0.3, -0.25) is 10.0 Å². The topological polar surface area (TPSA) is 34.2 Å². The SMILES string of the molecule is COc1ccc(N2COCN2c2ccc(OC)cc2)cc1. The van der Waals surface area contributed by atoms with Crippen molar-refractivity contribution in [3.63, 3.8) is 0 Å². The van der Waals surface area contributed by atoms with E-state index in [9.17, 15) is 0 Å². The Hall–Kier alpha value is -2.40. The fraction of sp³-hybridized carbons (Fsp3) is 0.250. The Labute approximate surface area is 124 Å². The average molecular weight is 286 g/mol. The van der Waals surface area contributed by atoms with Gasteiger partial charge in [0.05, 0.1) is 25.6 Å². The molecule has 3 rings (SSSR count). The van der Waals surface area contributed by atoms with Crippen LogP contribution in [0.4, 0.5) is 11.4 Å². The molecule has 0 bridgehead atoms. The van der Waals surface area contributed by atoms with Gasteiger partial charge in [-0.15, -0.1) is 0 Å². The molecule has 1 aliphatic rings. The number of benzene rings is 2. The second-order valence-corrected chi connectivity index (χ2v) is 4.66. The molecule has 0 unspecified atom stereocenters. The zero-order chi connectivity index (χ0) is 14.7. The summed E-state index contributed by atoms with van der Waals surface area (Å²) in [6.07, 6.45) is 0. The quantitative estimate of drug-likeness (QED) is 0.863. The molecule has 2 aromatic rings. The molecule has 0 aromatic heterocycles. The smallest absolute Gasteiger partial charge is 0.140 e. The molecule has 0 N–H and O–H groups in total. The van der Waals surface area contributed by atoms with Crippen molar-refractivity contribution < 1.29 is 14.2 Å². The lowest BCUT2D eigenvalue weighted by Gasteiger charge is -2.29. The van der Waals surface area contributed by atoms with Crippen LogP contribution in [0.1, 0.15) is 0 Å². The lowest BCUT2D eigenvalue weighted by Crippen LogP contribution is -2.36. The molecule has 0 radical (unpaired) electrons. The third-order valence-electron chi connectivity index (χ3n) is 3.46. The molecule has 1 heterocycles. The van der Waals surface area contributed by atoms with Gasteiger partial charge in [0.15, 0.2) is 0 Å². The van der Waals surface area contributed by atoms with Crippen LogP contribution in [0.5, 0.6) is 11.5 Å². The minimum atomic E-state index is 0.526. The van der Waals surface area contributed by atoms with Crippen LogP contribution >= 0.6 is 0 Å². The monoisotopic (exact) mass is 286 g/mol. The Morgan fingerprint density at radius 1 is 0.714 bits per heavy atom. The first kappa shape index (κ1) is 13.6. The highest BCUT2D eigenvalue weighted by Gasteiger charge is 2.23. The molecule has 0 amide bonds. The van der Waals surface area contributed by atoms with Gasteiger partial charge in [0.2, 0.25) is 0 Å². The summed E-state index contributed by atoms with van der Waals surface area (Å²) in [6, 6.07) is 15.8. The van der Waals surface area contributed by atoms with Crippen LogP contribution < -0.4 is 19.5 Å². The highest BCUT2D eigenvalue weighted by atomic mass is 16.5. The number of hydrogen-bond donors (Lipinski definition) is 0. The van der Waals surface area contributed by atoms with Crippen LogP contribution in [-0.4, -0.2) is 27.7 Å². The van der Waals surface area contributed by atoms with Gasteiger partial charge in [-0.25, -0.2) is 0 Å². The molecule has 1 fully saturated rings. The molecule has 0 saturated carbocycles. The van der Waals surface area contributed by atoms with Crippen molar-refractivity contribution in [3.8, 4) is 11.5 Å². The lowest BCUT2D eigenvalue weighted by atomic mass is 10.3. The molecule has 110 valence electrons. The lowest BCUT2D eigenvalue weighted by molar-refractivity contribution is 0.198. The van der Waals surface area contributed by atoms with Gasteiger partial charge in [-0.2, -0.15) is 0 Å². The summed E-state index contributed by atoms with van der Waals surface area (Å²) in [5.74, 6) is 1.68. The molecule has 1 aliphatic heterocycles. The number of methoxy groups -OCH3 is 2. The van der Waals surface area contributed by atoms with Crippen LogP contribution in [0.3, 0.4) is 0 Å². The van der Waals surface area contributed by atoms with Gasteiger partial charge in [-0.05, 0) is 48.5 Å². The summed E-state index contributed by atoms with van der Waals surface area (Å²) in [4.78, 5) is 0. The third kappa shape index (κ3) is 2.73. The minimum Gasteiger partial charge on any atom is -0.497 e. The number of hydrogen-bond acceptors (Lipinski definition) is 5. The first-order valence-electron chi connectivity index (χ1n) is 6.72. The van der Waals surface area contributed by atoms with E-state index in [-0.39, 0.29) is 0 Å². The fourth-order valence-corrected chi connectivity index (χ4v) is 2.29. The third-order valence-corrected chi connectivity index (χ3v) is 3.46. The Kier molecular flexibility index (Phi) is 3.83. The molecule has 1 saturated heterocycles. The van der Waals surface area contributed by atoms with E-state index in [1.807, 2.05) is 48.5 Å². The molecule has 21 heavy (non-hydrogen) atoms.